The Labute approximate surface area is 214 Å². The number of benzene rings is 2. The summed E-state index contributed by atoms with van der Waals surface area (Å²) in [5.74, 6) is 0.285. The Morgan fingerprint density at radius 2 is 1.73 bits per heavy atom. The molecule has 5 aromatic rings. The summed E-state index contributed by atoms with van der Waals surface area (Å²) >= 11 is 0. The van der Waals surface area contributed by atoms with Crippen LogP contribution in [0.15, 0.2) is 95.7 Å². The Balaban J connectivity index is 1.49. The maximum absolute atomic E-state index is 14.6. The van der Waals surface area contributed by atoms with Crippen LogP contribution in [0.4, 0.5) is 0 Å². The van der Waals surface area contributed by atoms with E-state index in [4.69, 9.17) is 14.4 Å². The minimum Gasteiger partial charge on any atom is -0.469 e. The molecule has 6 nitrogen and oxygen atoms in total. The maximum atomic E-state index is 14.6. The Bertz CT molecular complexity index is 1670. The molecule has 6 heteroatoms. The third-order valence-corrected chi connectivity index (χ3v) is 8.57. The third-order valence-electron chi connectivity index (χ3n) is 8.57. The molecule has 8 rings (SSSR count). The Kier molecular flexibility index (Phi) is 4.35. The number of fused-ring (bicyclic) bond motifs is 8. The first-order valence-electron chi connectivity index (χ1n) is 12.9. The number of ketones is 1. The molecular formula is C31H24N4O2. The van der Waals surface area contributed by atoms with E-state index in [0.29, 0.717) is 5.69 Å². The summed E-state index contributed by atoms with van der Waals surface area (Å²) in [5, 5.41) is 0. The average Bonchev–Trinajstić information content (AvgIpc) is 3.73. The number of hydrogen-bond acceptors (Lipinski definition) is 6. The highest BCUT2D eigenvalue weighted by molar-refractivity contribution is 6.00. The van der Waals surface area contributed by atoms with Crippen molar-refractivity contribution in [3.8, 4) is 11.3 Å². The van der Waals surface area contributed by atoms with E-state index in [9.17, 15) is 4.79 Å². The Morgan fingerprint density at radius 3 is 2.54 bits per heavy atom. The molecule has 0 N–H and O–H groups in total. The van der Waals surface area contributed by atoms with Crippen molar-refractivity contribution in [1.29, 1.82) is 0 Å². The van der Waals surface area contributed by atoms with Crippen LogP contribution < -0.4 is 0 Å². The second kappa shape index (κ2) is 7.67. The topological polar surface area (TPSA) is 72.1 Å². The molecular weight excluding hydrogens is 460 g/mol. The van der Waals surface area contributed by atoms with Crippen LogP contribution in [0.25, 0.3) is 22.3 Å². The van der Waals surface area contributed by atoms with Crippen LogP contribution in [-0.2, 0) is 5.54 Å². The fourth-order valence-electron chi connectivity index (χ4n) is 7.33. The minimum absolute atomic E-state index is 0.0222. The fraction of sp³-hybridized carbons (Fsp3) is 0.226. The lowest BCUT2D eigenvalue weighted by atomic mass is 9.70. The van der Waals surface area contributed by atoms with Gasteiger partial charge in [0.05, 0.1) is 34.6 Å². The molecule has 4 atom stereocenters. The van der Waals surface area contributed by atoms with E-state index >= 15 is 0 Å². The third kappa shape index (κ3) is 2.68. The van der Waals surface area contributed by atoms with Gasteiger partial charge < -0.3 is 4.42 Å². The number of para-hydroxylation sites is 2. The lowest BCUT2D eigenvalue weighted by molar-refractivity contribution is 0.0772. The van der Waals surface area contributed by atoms with Gasteiger partial charge in [0, 0.05) is 23.7 Å². The molecule has 2 aromatic carbocycles. The highest BCUT2D eigenvalue weighted by Crippen LogP contribution is 2.64. The van der Waals surface area contributed by atoms with Crippen LogP contribution >= 0.6 is 0 Å². The van der Waals surface area contributed by atoms with E-state index < -0.39 is 11.5 Å². The lowest BCUT2D eigenvalue weighted by Gasteiger charge is -2.39. The smallest absolute Gasteiger partial charge is 0.187 e. The largest absolute Gasteiger partial charge is 0.469 e. The molecule has 1 spiro atoms. The standard InChI is InChI=1S/C31H24N4O2/c36-29(23-13-5-6-16-32-23)27-26(25-15-8-18-37-25)24-14-7-17-35(24)31(27)20-10-2-1-9-19(20)28-30(31)34-22-12-4-3-11-21(22)33-28/h1-6,8-13,15-16,18,24,26-27H,7,14,17H2. The first-order chi connectivity index (χ1) is 18.3. The van der Waals surface area contributed by atoms with Crippen LogP contribution in [-0.4, -0.2) is 38.2 Å². The predicted octanol–water partition coefficient (Wildman–Crippen LogP) is 5.60. The van der Waals surface area contributed by atoms with Gasteiger partial charge in [-0.3, -0.25) is 14.7 Å². The number of hydrogen-bond donors (Lipinski definition) is 0. The van der Waals surface area contributed by atoms with Gasteiger partial charge >= 0.3 is 0 Å². The molecule has 0 amide bonds. The second-order valence-electron chi connectivity index (χ2n) is 10.2. The first-order valence-corrected chi connectivity index (χ1v) is 12.9. The number of carbonyl (C=O) groups is 1. The number of Topliss-reactive ketones (excluding diaryl/α,β-unsaturated/α-hetero) is 1. The van der Waals surface area contributed by atoms with Gasteiger partial charge in [-0.15, -0.1) is 0 Å². The van der Waals surface area contributed by atoms with Crippen molar-refractivity contribution < 1.29 is 9.21 Å². The van der Waals surface area contributed by atoms with Crippen molar-refractivity contribution >= 4 is 16.8 Å². The van der Waals surface area contributed by atoms with Crippen molar-refractivity contribution in [3.63, 3.8) is 0 Å². The van der Waals surface area contributed by atoms with Crippen LogP contribution in [0.3, 0.4) is 0 Å². The highest BCUT2D eigenvalue weighted by Gasteiger charge is 2.68. The molecule has 3 aromatic heterocycles. The molecule has 3 aliphatic rings. The van der Waals surface area contributed by atoms with Gasteiger partial charge in [-0.25, -0.2) is 9.97 Å². The molecule has 2 saturated heterocycles. The molecule has 2 aliphatic heterocycles. The van der Waals surface area contributed by atoms with Crippen molar-refractivity contribution in [2.24, 2.45) is 5.92 Å². The van der Waals surface area contributed by atoms with Crippen molar-refractivity contribution in [1.82, 2.24) is 19.9 Å². The summed E-state index contributed by atoms with van der Waals surface area (Å²) in [6.45, 7) is 0.885. The second-order valence-corrected chi connectivity index (χ2v) is 10.2. The predicted molar refractivity (Wildman–Crippen MR) is 139 cm³/mol. The van der Waals surface area contributed by atoms with Gasteiger partial charge in [-0.1, -0.05) is 42.5 Å². The fourth-order valence-corrected chi connectivity index (χ4v) is 7.33. The van der Waals surface area contributed by atoms with E-state index in [2.05, 4.69) is 34.1 Å². The van der Waals surface area contributed by atoms with Crippen molar-refractivity contribution in [2.45, 2.75) is 30.3 Å². The molecule has 180 valence electrons. The number of pyridine rings is 1. The lowest BCUT2D eigenvalue weighted by Crippen LogP contribution is -2.48. The summed E-state index contributed by atoms with van der Waals surface area (Å²) in [7, 11) is 0. The molecule has 4 unspecified atom stereocenters. The molecule has 37 heavy (non-hydrogen) atoms. The molecule has 0 bridgehead atoms. The van der Waals surface area contributed by atoms with Gasteiger partial charge in [0.1, 0.15) is 17.0 Å². The zero-order valence-corrected chi connectivity index (χ0v) is 20.1. The summed E-state index contributed by atoms with van der Waals surface area (Å²) in [6.07, 6.45) is 5.47. The van der Waals surface area contributed by atoms with Gasteiger partial charge in [0.25, 0.3) is 0 Å². The van der Waals surface area contributed by atoms with E-state index in [1.807, 2.05) is 54.6 Å². The summed E-state index contributed by atoms with van der Waals surface area (Å²) in [5.41, 5.74) is 5.34. The van der Waals surface area contributed by atoms with Crippen LogP contribution in [0.2, 0.25) is 0 Å². The van der Waals surface area contributed by atoms with Gasteiger partial charge in [0.2, 0.25) is 0 Å². The molecule has 0 saturated carbocycles. The van der Waals surface area contributed by atoms with E-state index in [-0.39, 0.29) is 17.7 Å². The normalized spacial score (nSPS) is 25.9. The zero-order valence-electron chi connectivity index (χ0n) is 20.1. The minimum atomic E-state index is -0.754. The van der Waals surface area contributed by atoms with E-state index in [1.54, 1.807) is 12.5 Å². The maximum Gasteiger partial charge on any atom is 0.187 e. The van der Waals surface area contributed by atoms with Crippen molar-refractivity contribution in [2.75, 3.05) is 6.54 Å². The summed E-state index contributed by atoms with van der Waals surface area (Å²) in [4.78, 5) is 32.2. The van der Waals surface area contributed by atoms with E-state index in [1.165, 1.54) is 0 Å². The Hall–Kier alpha value is -4.16. The molecule has 1 aliphatic carbocycles. The summed E-state index contributed by atoms with van der Waals surface area (Å²) < 4.78 is 6.06. The zero-order chi connectivity index (χ0) is 24.6. The number of nitrogens with zero attached hydrogens (tertiary/aromatic N) is 4. The summed E-state index contributed by atoms with van der Waals surface area (Å²) in [6, 6.07) is 26.1. The average molecular weight is 485 g/mol. The first kappa shape index (κ1) is 21.0. The van der Waals surface area contributed by atoms with Crippen LogP contribution in [0, 0.1) is 5.92 Å². The Morgan fingerprint density at radius 1 is 0.919 bits per heavy atom. The number of furan rings is 1. The molecule has 5 heterocycles. The van der Waals surface area contributed by atoms with E-state index in [0.717, 1.165) is 58.7 Å². The van der Waals surface area contributed by atoms with Crippen molar-refractivity contribution in [3.05, 3.63) is 114 Å². The van der Waals surface area contributed by atoms with Gasteiger partial charge in [-0.05, 0) is 61.3 Å². The monoisotopic (exact) mass is 484 g/mol. The number of rotatable bonds is 3. The highest BCUT2D eigenvalue weighted by atomic mass is 16.3. The molecule has 0 radical (unpaired) electrons. The van der Waals surface area contributed by atoms with Gasteiger partial charge in [0.15, 0.2) is 5.78 Å². The van der Waals surface area contributed by atoms with Crippen LogP contribution in [0.5, 0.6) is 0 Å². The van der Waals surface area contributed by atoms with Gasteiger partial charge in [-0.2, -0.15) is 0 Å². The number of aromatic nitrogens is 3. The molecule has 2 fully saturated rings. The quantitative estimate of drug-likeness (QED) is 0.310. The number of carbonyl (C=O) groups excluding carboxylic acids is 1. The SMILES string of the molecule is O=C(c1ccccn1)C1C(c2ccco2)C2CCCN2C12c1ccccc1-c1nc3ccccc3nc12. The van der Waals surface area contributed by atoms with Crippen LogP contribution in [0.1, 0.15) is 46.3 Å².